The fourth-order valence-electron chi connectivity index (χ4n) is 2.11. The Labute approximate surface area is 107 Å². The van der Waals surface area contributed by atoms with Gasteiger partial charge >= 0.3 is 0 Å². The first-order valence-corrected chi connectivity index (χ1v) is 6.10. The number of rotatable bonds is 4. The molecule has 94 valence electrons. The van der Waals surface area contributed by atoms with Crippen LogP contribution >= 0.6 is 0 Å². The van der Waals surface area contributed by atoms with Gasteiger partial charge in [-0.1, -0.05) is 13.0 Å². The van der Waals surface area contributed by atoms with Gasteiger partial charge in [0, 0.05) is 13.0 Å². The number of nitriles is 1. The first-order valence-electron chi connectivity index (χ1n) is 6.10. The normalized spacial score (nSPS) is 18.8. The van der Waals surface area contributed by atoms with Crippen LogP contribution in [0.1, 0.15) is 18.9 Å². The Bertz CT molecular complexity index is 479. The van der Waals surface area contributed by atoms with E-state index in [4.69, 9.17) is 10.00 Å². The topological polar surface area (TPSA) is 53.3 Å². The van der Waals surface area contributed by atoms with Crippen LogP contribution in [-0.2, 0) is 4.79 Å². The number of amides is 1. The van der Waals surface area contributed by atoms with Crippen molar-refractivity contribution >= 4 is 5.91 Å². The molecule has 4 heteroatoms. The third kappa shape index (κ3) is 3.01. The molecule has 0 spiro atoms. The van der Waals surface area contributed by atoms with E-state index in [1.54, 1.807) is 18.2 Å². The van der Waals surface area contributed by atoms with Crippen LogP contribution in [0.15, 0.2) is 24.3 Å². The molecule has 1 aliphatic rings. The molecule has 1 saturated heterocycles. The number of nitrogens with zero attached hydrogens (tertiary/aromatic N) is 2. The Balaban J connectivity index is 1.82. The molecule has 1 heterocycles. The van der Waals surface area contributed by atoms with Crippen molar-refractivity contribution in [2.24, 2.45) is 5.92 Å². The van der Waals surface area contributed by atoms with Gasteiger partial charge in [-0.3, -0.25) is 4.79 Å². The minimum atomic E-state index is 0.205. The molecule has 0 N–H and O–H groups in total. The van der Waals surface area contributed by atoms with Crippen molar-refractivity contribution in [3.8, 4) is 11.8 Å². The van der Waals surface area contributed by atoms with E-state index >= 15 is 0 Å². The lowest BCUT2D eigenvalue weighted by Crippen LogP contribution is -2.29. The number of likely N-dealkylation sites (tertiary alicyclic amines) is 1. The summed E-state index contributed by atoms with van der Waals surface area (Å²) in [7, 11) is 0. The minimum Gasteiger partial charge on any atom is -0.492 e. The lowest BCUT2D eigenvalue weighted by Gasteiger charge is -2.16. The molecule has 2 rings (SSSR count). The van der Waals surface area contributed by atoms with Crippen molar-refractivity contribution < 1.29 is 9.53 Å². The van der Waals surface area contributed by atoms with Crippen LogP contribution in [0.3, 0.4) is 0 Å². The molecule has 1 unspecified atom stereocenters. The molecule has 0 aromatic heterocycles. The molecule has 1 amide bonds. The summed E-state index contributed by atoms with van der Waals surface area (Å²) < 4.78 is 5.55. The van der Waals surface area contributed by atoms with Gasteiger partial charge in [0.05, 0.1) is 18.2 Å². The summed E-state index contributed by atoms with van der Waals surface area (Å²) in [5.74, 6) is 1.32. The maximum Gasteiger partial charge on any atom is 0.223 e. The van der Waals surface area contributed by atoms with Crippen LogP contribution in [0.5, 0.6) is 5.75 Å². The highest BCUT2D eigenvalue weighted by Gasteiger charge is 2.25. The van der Waals surface area contributed by atoms with Crippen LogP contribution < -0.4 is 4.74 Å². The Hall–Kier alpha value is -2.02. The van der Waals surface area contributed by atoms with E-state index in [0.717, 1.165) is 6.54 Å². The third-order valence-electron chi connectivity index (χ3n) is 3.00. The van der Waals surface area contributed by atoms with Gasteiger partial charge in [-0.05, 0) is 24.1 Å². The SMILES string of the molecule is CC1CC(=O)N(CCOc2cccc(C#N)c2)C1. The van der Waals surface area contributed by atoms with E-state index in [-0.39, 0.29) is 5.91 Å². The molecule has 1 fully saturated rings. The van der Waals surface area contributed by atoms with Gasteiger partial charge in [-0.15, -0.1) is 0 Å². The van der Waals surface area contributed by atoms with Crippen molar-refractivity contribution in [1.82, 2.24) is 4.90 Å². The molecule has 18 heavy (non-hydrogen) atoms. The van der Waals surface area contributed by atoms with Gasteiger partial charge in [-0.2, -0.15) is 5.26 Å². The maximum absolute atomic E-state index is 11.6. The summed E-state index contributed by atoms with van der Waals surface area (Å²) >= 11 is 0. The molecule has 0 bridgehead atoms. The smallest absolute Gasteiger partial charge is 0.223 e. The van der Waals surface area contributed by atoms with Crippen molar-refractivity contribution in [2.45, 2.75) is 13.3 Å². The molecule has 0 saturated carbocycles. The van der Waals surface area contributed by atoms with E-state index in [0.29, 0.717) is 36.8 Å². The summed E-state index contributed by atoms with van der Waals surface area (Å²) in [4.78, 5) is 13.4. The van der Waals surface area contributed by atoms with Crippen LogP contribution in [0.4, 0.5) is 0 Å². The molecular weight excluding hydrogens is 228 g/mol. The van der Waals surface area contributed by atoms with Crippen molar-refractivity contribution in [2.75, 3.05) is 19.7 Å². The van der Waals surface area contributed by atoms with E-state index in [9.17, 15) is 4.79 Å². The van der Waals surface area contributed by atoms with Crippen LogP contribution in [0.25, 0.3) is 0 Å². The number of hydrogen-bond acceptors (Lipinski definition) is 3. The van der Waals surface area contributed by atoms with Crippen molar-refractivity contribution in [3.05, 3.63) is 29.8 Å². The Morgan fingerprint density at radius 3 is 3.06 bits per heavy atom. The minimum absolute atomic E-state index is 0.205. The zero-order valence-corrected chi connectivity index (χ0v) is 10.4. The molecule has 1 aromatic carbocycles. The van der Waals surface area contributed by atoms with Crippen LogP contribution in [-0.4, -0.2) is 30.5 Å². The predicted molar refractivity (Wildman–Crippen MR) is 67.0 cm³/mol. The molecule has 1 atom stereocenters. The maximum atomic E-state index is 11.6. The highest BCUT2D eigenvalue weighted by atomic mass is 16.5. The van der Waals surface area contributed by atoms with Gasteiger partial charge in [0.1, 0.15) is 12.4 Å². The molecule has 1 aliphatic heterocycles. The lowest BCUT2D eigenvalue weighted by atomic mass is 10.2. The summed E-state index contributed by atoms with van der Waals surface area (Å²) in [5, 5.41) is 8.77. The monoisotopic (exact) mass is 244 g/mol. The van der Waals surface area contributed by atoms with E-state index in [1.165, 1.54) is 0 Å². The van der Waals surface area contributed by atoms with Gasteiger partial charge in [0.15, 0.2) is 0 Å². The summed E-state index contributed by atoms with van der Waals surface area (Å²) in [6.45, 7) is 3.98. The van der Waals surface area contributed by atoms with E-state index < -0.39 is 0 Å². The first kappa shape index (κ1) is 12.4. The van der Waals surface area contributed by atoms with E-state index in [1.807, 2.05) is 11.0 Å². The quantitative estimate of drug-likeness (QED) is 0.811. The predicted octanol–water partition coefficient (Wildman–Crippen LogP) is 1.81. The number of carbonyl (C=O) groups is 1. The lowest BCUT2D eigenvalue weighted by molar-refractivity contribution is -0.128. The number of benzene rings is 1. The van der Waals surface area contributed by atoms with Gasteiger partial charge < -0.3 is 9.64 Å². The van der Waals surface area contributed by atoms with Crippen LogP contribution in [0.2, 0.25) is 0 Å². The summed E-state index contributed by atoms with van der Waals surface area (Å²) in [6, 6.07) is 9.11. The van der Waals surface area contributed by atoms with Crippen molar-refractivity contribution in [1.29, 1.82) is 5.26 Å². The average molecular weight is 244 g/mol. The fourth-order valence-corrected chi connectivity index (χ4v) is 2.11. The fraction of sp³-hybridized carbons (Fsp3) is 0.429. The van der Waals surface area contributed by atoms with Gasteiger partial charge in [-0.25, -0.2) is 0 Å². The Kier molecular flexibility index (Phi) is 3.83. The summed E-state index contributed by atoms with van der Waals surface area (Å²) in [5.41, 5.74) is 0.582. The molecule has 0 radical (unpaired) electrons. The zero-order chi connectivity index (χ0) is 13.0. The number of carbonyl (C=O) groups excluding carboxylic acids is 1. The highest BCUT2D eigenvalue weighted by molar-refractivity contribution is 5.78. The van der Waals surface area contributed by atoms with Crippen molar-refractivity contribution in [3.63, 3.8) is 0 Å². The first-order chi connectivity index (χ1) is 8.69. The van der Waals surface area contributed by atoms with Gasteiger partial charge in [0.2, 0.25) is 5.91 Å². The Morgan fingerprint density at radius 1 is 1.56 bits per heavy atom. The molecule has 4 nitrogen and oxygen atoms in total. The standard InChI is InChI=1S/C14H16N2O2/c1-11-7-14(17)16(10-11)5-6-18-13-4-2-3-12(8-13)9-15/h2-4,8,11H,5-7,10H2,1H3. The second-order valence-electron chi connectivity index (χ2n) is 4.64. The molecule has 0 aliphatic carbocycles. The third-order valence-corrected chi connectivity index (χ3v) is 3.00. The van der Waals surface area contributed by atoms with Crippen LogP contribution in [0, 0.1) is 17.2 Å². The summed E-state index contributed by atoms with van der Waals surface area (Å²) in [6.07, 6.45) is 0.643. The molecule has 1 aromatic rings. The number of ether oxygens (including phenoxy) is 1. The van der Waals surface area contributed by atoms with Gasteiger partial charge in [0.25, 0.3) is 0 Å². The number of hydrogen-bond donors (Lipinski definition) is 0. The second-order valence-corrected chi connectivity index (χ2v) is 4.64. The molecular formula is C14H16N2O2. The average Bonchev–Trinajstić information content (AvgIpc) is 2.68. The largest absolute Gasteiger partial charge is 0.492 e. The highest BCUT2D eigenvalue weighted by Crippen LogP contribution is 2.17. The Morgan fingerprint density at radius 2 is 2.39 bits per heavy atom. The zero-order valence-electron chi connectivity index (χ0n) is 10.4. The van der Waals surface area contributed by atoms with E-state index in [2.05, 4.69) is 13.0 Å². The second kappa shape index (κ2) is 5.54.